The molecule has 0 amide bonds. The molecule has 1 N–H and O–H groups in total. The molecule has 1 aliphatic rings. The Balaban J connectivity index is 2.39. The lowest BCUT2D eigenvalue weighted by molar-refractivity contribution is -0.142. The third-order valence-corrected chi connectivity index (χ3v) is 4.50. The van der Waals surface area contributed by atoms with Crippen LogP contribution in [-0.2, 0) is 14.3 Å². The normalized spacial score (nSPS) is 29.1. The van der Waals surface area contributed by atoms with Crippen LogP contribution in [0.3, 0.4) is 0 Å². The van der Waals surface area contributed by atoms with Gasteiger partial charge in [0.15, 0.2) is 0 Å². The largest absolute Gasteiger partial charge is 0.465 e. The second kappa shape index (κ2) is 6.40. The Hall–Kier alpha value is -0.550. The average molecular weight is 259 g/mol. The Morgan fingerprint density at radius 2 is 2.35 bits per heavy atom. The van der Waals surface area contributed by atoms with Crippen molar-refractivity contribution in [1.29, 1.82) is 0 Å². The number of esters is 1. The molecule has 0 aromatic heterocycles. The number of ketones is 1. The summed E-state index contributed by atoms with van der Waals surface area (Å²) >= 11 is 1.81. The van der Waals surface area contributed by atoms with Gasteiger partial charge < -0.3 is 10.1 Å². The molecule has 2 unspecified atom stereocenters. The second-order valence-corrected chi connectivity index (χ2v) is 5.78. The monoisotopic (exact) mass is 259 g/mol. The van der Waals surface area contributed by atoms with Gasteiger partial charge in [-0.3, -0.25) is 9.59 Å². The maximum atomic E-state index is 12.1. The van der Waals surface area contributed by atoms with E-state index >= 15 is 0 Å². The molecule has 0 saturated carbocycles. The second-order valence-electron chi connectivity index (χ2n) is 4.75. The fraction of sp³-hybridized carbons (Fsp3) is 0.833. The summed E-state index contributed by atoms with van der Waals surface area (Å²) in [4.78, 5) is 23.2. The highest BCUT2D eigenvalue weighted by molar-refractivity contribution is 7.99. The molecule has 1 saturated heterocycles. The predicted octanol–water partition coefficient (Wildman–Crippen LogP) is 1.10. The van der Waals surface area contributed by atoms with E-state index in [2.05, 4.69) is 5.32 Å². The molecule has 0 aromatic rings. The van der Waals surface area contributed by atoms with Crippen LogP contribution in [0.5, 0.6) is 0 Å². The first-order chi connectivity index (χ1) is 7.99. The molecule has 4 nitrogen and oxygen atoms in total. The molecule has 1 fully saturated rings. The van der Waals surface area contributed by atoms with E-state index in [1.165, 1.54) is 0 Å². The zero-order chi connectivity index (χ0) is 12.9. The average Bonchev–Trinajstić information content (AvgIpc) is 2.26. The van der Waals surface area contributed by atoms with Crippen LogP contribution in [0.15, 0.2) is 0 Å². The van der Waals surface area contributed by atoms with Gasteiger partial charge in [0.2, 0.25) is 0 Å². The van der Waals surface area contributed by atoms with Crippen molar-refractivity contribution in [3.05, 3.63) is 0 Å². The third kappa shape index (κ3) is 4.00. The van der Waals surface area contributed by atoms with Crippen molar-refractivity contribution in [3.63, 3.8) is 0 Å². The van der Waals surface area contributed by atoms with Gasteiger partial charge in [0.1, 0.15) is 5.78 Å². The minimum absolute atomic E-state index is 0.114. The van der Waals surface area contributed by atoms with Gasteiger partial charge in [-0.25, -0.2) is 0 Å². The van der Waals surface area contributed by atoms with Crippen molar-refractivity contribution in [1.82, 2.24) is 5.32 Å². The summed E-state index contributed by atoms with van der Waals surface area (Å²) in [5.74, 6) is 1.88. The third-order valence-electron chi connectivity index (χ3n) is 2.92. The van der Waals surface area contributed by atoms with Crippen LogP contribution in [0.25, 0.3) is 0 Å². The van der Waals surface area contributed by atoms with Crippen LogP contribution < -0.4 is 5.32 Å². The predicted molar refractivity (Wildman–Crippen MR) is 69.1 cm³/mol. The highest BCUT2D eigenvalue weighted by Gasteiger charge is 2.39. The van der Waals surface area contributed by atoms with Gasteiger partial charge in [0.25, 0.3) is 0 Å². The highest BCUT2D eigenvalue weighted by Crippen LogP contribution is 2.33. The van der Waals surface area contributed by atoms with Crippen molar-refractivity contribution in [3.8, 4) is 0 Å². The van der Waals surface area contributed by atoms with Crippen LogP contribution in [0.4, 0.5) is 0 Å². The van der Waals surface area contributed by atoms with Crippen molar-refractivity contribution < 1.29 is 14.3 Å². The molecule has 98 valence electrons. The lowest BCUT2D eigenvalue weighted by Crippen LogP contribution is -2.47. The van der Waals surface area contributed by atoms with Crippen molar-refractivity contribution in [2.24, 2.45) is 11.3 Å². The van der Waals surface area contributed by atoms with Crippen LogP contribution in [0, 0.1) is 11.3 Å². The summed E-state index contributed by atoms with van der Waals surface area (Å²) in [5.41, 5.74) is -0.352. The molecule has 0 aliphatic carbocycles. The number of ether oxygens (including phenoxy) is 1. The minimum atomic E-state index is -0.352. The number of hydrogen-bond donors (Lipinski definition) is 1. The van der Waals surface area contributed by atoms with Gasteiger partial charge in [-0.2, -0.15) is 11.8 Å². The first kappa shape index (κ1) is 14.5. The fourth-order valence-corrected chi connectivity index (χ4v) is 3.31. The van der Waals surface area contributed by atoms with Crippen molar-refractivity contribution in [2.45, 2.75) is 20.8 Å². The summed E-state index contributed by atoms with van der Waals surface area (Å²) in [6.45, 7) is 6.83. The van der Waals surface area contributed by atoms with E-state index in [1.54, 1.807) is 18.7 Å². The van der Waals surface area contributed by atoms with E-state index in [9.17, 15) is 9.59 Å². The van der Waals surface area contributed by atoms with Crippen LogP contribution in [0.2, 0.25) is 0 Å². The Kier molecular flexibility index (Phi) is 5.46. The highest BCUT2D eigenvalue weighted by atomic mass is 32.2. The molecule has 0 aromatic carbocycles. The van der Waals surface area contributed by atoms with E-state index in [-0.39, 0.29) is 23.8 Å². The van der Waals surface area contributed by atoms with E-state index in [4.69, 9.17) is 4.74 Å². The van der Waals surface area contributed by atoms with Crippen molar-refractivity contribution in [2.75, 3.05) is 31.2 Å². The molecule has 1 rings (SSSR count). The Morgan fingerprint density at radius 3 is 3.00 bits per heavy atom. The summed E-state index contributed by atoms with van der Waals surface area (Å²) in [6.07, 6.45) is 0. The Morgan fingerprint density at radius 1 is 1.65 bits per heavy atom. The van der Waals surface area contributed by atoms with Gasteiger partial charge in [0.05, 0.1) is 13.2 Å². The molecule has 1 aliphatic heterocycles. The SMILES string of the molecule is CCOC(=O)CNCC1(C)CSCC(C)C1=O. The molecule has 0 radical (unpaired) electrons. The Bertz CT molecular complexity index is 295. The summed E-state index contributed by atoms with van der Waals surface area (Å²) in [5, 5.41) is 3.02. The Labute approximate surface area is 107 Å². The topological polar surface area (TPSA) is 55.4 Å². The number of thioether (sulfide) groups is 1. The fourth-order valence-electron chi connectivity index (χ4n) is 1.99. The van der Waals surface area contributed by atoms with Gasteiger partial charge in [-0.05, 0) is 6.92 Å². The number of nitrogens with one attached hydrogen (secondary N) is 1. The van der Waals surface area contributed by atoms with E-state index in [0.717, 1.165) is 11.5 Å². The smallest absolute Gasteiger partial charge is 0.319 e. The minimum Gasteiger partial charge on any atom is -0.465 e. The maximum absolute atomic E-state index is 12.1. The molecular formula is C12H21NO3S. The van der Waals surface area contributed by atoms with Crippen LogP contribution in [0.1, 0.15) is 20.8 Å². The van der Waals surface area contributed by atoms with E-state index in [0.29, 0.717) is 18.9 Å². The number of carbonyl (C=O) groups excluding carboxylic acids is 2. The number of Topliss-reactive ketones (excluding diaryl/α,β-unsaturated/α-hetero) is 1. The van der Waals surface area contributed by atoms with Crippen molar-refractivity contribution >= 4 is 23.5 Å². The number of carbonyl (C=O) groups is 2. The molecule has 5 heteroatoms. The molecule has 0 spiro atoms. The van der Waals surface area contributed by atoms with Gasteiger partial charge >= 0.3 is 5.97 Å². The van der Waals surface area contributed by atoms with Crippen LogP contribution >= 0.6 is 11.8 Å². The summed E-state index contributed by atoms with van der Waals surface area (Å²) < 4.78 is 4.82. The standard InChI is InChI=1S/C12H21NO3S/c1-4-16-10(14)5-13-7-12(3)8-17-6-9(2)11(12)15/h9,13H,4-8H2,1-3H3. The first-order valence-corrected chi connectivity index (χ1v) is 7.13. The zero-order valence-corrected chi connectivity index (χ0v) is 11.6. The lowest BCUT2D eigenvalue weighted by Gasteiger charge is -2.35. The van der Waals surface area contributed by atoms with E-state index < -0.39 is 0 Å². The van der Waals surface area contributed by atoms with Gasteiger partial charge in [0, 0.05) is 29.4 Å². The first-order valence-electron chi connectivity index (χ1n) is 5.98. The van der Waals surface area contributed by atoms with Crippen LogP contribution in [-0.4, -0.2) is 43.0 Å². The van der Waals surface area contributed by atoms with E-state index in [1.807, 2.05) is 13.8 Å². The summed E-state index contributed by atoms with van der Waals surface area (Å²) in [6, 6.07) is 0. The molecule has 1 heterocycles. The summed E-state index contributed by atoms with van der Waals surface area (Å²) in [7, 11) is 0. The lowest BCUT2D eigenvalue weighted by atomic mass is 9.81. The molecule has 2 atom stereocenters. The molecular weight excluding hydrogens is 238 g/mol. The molecule has 17 heavy (non-hydrogen) atoms. The number of rotatable bonds is 5. The zero-order valence-electron chi connectivity index (χ0n) is 10.7. The maximum Gasteiger partial charge on any atom is 0.319 e. The quantitative estimate of drug-likeness (QED) is 0.749. The number of hydrogen-bond acceptors (Lipinski definition) is 5. The molecule has 0 bridgehead atoms. The van der Waals surface area contributed by atoms with Gasteiger partial charge in [-0.1, -0.05) is 13.8 Å². The van der Waals surface area contributed by atoms with Gasteiger partial charge in [-0.15, -0.1) is 0 Å².